The molecule has 0 atom stereocenters. The summed E-state index contributed by atoms with van der Waals surface area (Å²) in [5, 5.41) is 8.67. The van der Waals surface area contributed by atoms with Crippen LogP contribution in [0.3, 0.4) is 0 Å². The molecule has 0 bridgehead atoms. The molecule has 104 valence electrons. The second-order valence-corrected chi connectivity index (χ2v) is 7.23. The average molecular weight is 346 g/mol. The van der Waals surface area contributed by atoms with E-state index in [1.807, 2.05) is 17.0 Å². The number of carboxylic acid groups (broad SMARTS) is 1. The largest absolute Gasteiger partial charge is 0.481 e. The van der Waals surface area contributed by atoms with Gasteiger partial charge in [0.1, 0.15) is 0 Å². The van der Waals surface area contributed by atoms with Crippen LogP contribution in [0.5, 0.6) is 0 Å². The number of piperidine rings is 1. The Labute approximate surface area is 124 Å². The normalized spacial score (nSPS) is 16.6. The highest BCUT2D eigenvalue weighted by Gasteiger charge is 2.24. The minimum absolute atomic E-state index is 0.0902. The second-order valence-electron chi connectivity index (χ2n) is 4.77. The lowest BCUT2D eigenvalue weighted by atomic mass is 9.92. The number of thiophene rings is 1. The maximum atomic E-state index is 12.2. The summed E-state index contributed by atoms with van der Waals surface area (Å²) in [7, 11) is 0. The lowest BCUT2D eigenvalue weighted by Crippen LogP contribution is -2.38. The summed E-state index contributed by atoms with van der Waals surface area (Å²) in [5.41, 5.74) is 0. The summed E-state index contributed by atoms with van der Waals surface area (Å²) in [6.45, 7) is 1.47. The molecular formula is C13H16BrNO3S. The summed E-state index contributed by atoms with van der Waals surface area (Å²) >= 11 is 4.81. The third kappa shape index (κ3) is 4.04. The molecule has 0 spiro atoms. The molecule has 6 heteroatoms. The van der Waals surface area contributed by atoms with Gasteiger partial charge in [-0.1, -0.05) is 0 Å². The van der Waals surface area contributed by atoms with Crippen LogP contribution in [-0.4, -0.2) is 35.0 Å². The lowest BCUT2D eigenvalue weighted by molar-refractivity contribution is -0.137. The van der Waals surface area contributed by atoms with Gasteiger partial charge in [0.2, 0.25) is 0 Å². The second kappa shape index (κ2) is 6.52. The molecule has 1 amide bonds. The molecular weight excluding hydrogens is 330 g/mol. The SMILES string of the molecule is O=C(O)CCC1CCN(C(=O)c2ccc(Br)s2)CC1. The molecule has 0 radical (unpaired) electrons. The number of likely N-dealkylation sites (tertiary alicyclic amines) is 1. The van der Waals surface area contributed by atoms with Crippen molar-refractivity contribution in [2.24, 2.45) is 5.92 Å². The number of rotatable bonds is 4. The maximum absolute atomic E-state index is 12.2. The standard InChI is InChI=1S/C13H16BrNO3S/c14-11-3-2-10(19-11)13(18)15-7-5-9(6-8-15)1-4-12(16)17/h2-3,9H,1,4-8H2,(H,16,17). The zero-order valence-electron chi connectivity index (χ0n) is 10.5. The van der Waals surface area contributed by atoms with Crippen molar-refractivity contribution in [1.29, 1.82) is 0 Å². The van der Waals surface area contributed by atoms with Gasteiger partial charge in [-0.2, -0.15) is 0 Å². The summed E-state index contributed by atoms with van der Waals surface area (Å²) in [6.07, 6.45) is 2.77. The Kier molecular flexibility index (Phi) is 4.99. The zero-order chi connectivity index (χ0) is 13.8. The van der Waals surface area contributed by atoms with Crippen LogP contribution in [0.15, 0.2) is 15.9 Å². The first-order valence-corrected chi connectivity index (χ1v) is 7.93. The summed E-state index contributed by atoms with van der Waals surface area (Å²) in [6, 6.07) is 3.73. The summed E-state index contributed by atoms with van der Waals surface area (Å²) in [4.78, 5) is 25.4. The number of aliphatic carboxylic acids is 1. The molecule has 19 heavy (non-hydrogen) atoms. The first-order valence-electron chi connectivity index (χ1n) is 6.32. The molecule has 1 saturated heterocycles. The van der Waals surface area contributed by atoms with Crippen molar-refractivity contribution in [3.8, 4) is 0 Å². The van der Waals surface area contributed by atoms with E-state index in [1.54, 1.807) is 0 Å². The molecule has 1 aliphatic heterocycles. The molecule has 1 aliphatic rings. The Balaban J connectivity index is 1.83. The zero-order valence-corrected chi connectivity index (χ0v) is 12.9. The lowest BCUT2D eigenvalue weighted by Gasteiger charge is -2.31. The smallest absolute Gasteiger partial charge is 0.303 e. The van der Waals surface area contributed by atoms with E-state index in [0.29, 0.717) is 5.92 Å². The Morgan fingerprint density at radius 3 is 2.58 bits per heavy atom. The van der Waals surface area contributed by atoms with E-state index in [9.17, 15) is 9.59 Å². The van der Waals surface area contributed by atoms with Gasteiger partial charge < -0.3 is 10.0 Å². The Hall–Kier alpha value is -0.880. The number of carbonyl (C=O) groups excluding carboxylic acids is 1. The monoisotopic (exact) mass is 345 g/mol. The number of hydrogen-bond acceptors (Lipinski definition) is 3. The van der Waals surface area contributed by atoms with Crippen LogP contribution in [-0.2, 0) is 4.79 Å². The molecule has 0 aliphatic carbocycles. The molecule has 1 N–H and O–H groups in total. The summed E-state index contributed by atoms with van der Waals surface area (Å²) < 4.78 is 0.965. The van der Waals surface area contributed by atoms with Gasteiger partial charge in [-0.05, 0) is 53.2 Å². The Morgan fingerprint density at radius 2 is 2.05 bits per heavy atom. The van der Waals surface area contributed by atoms with Crippen molar-refractivity contribution in [2.45, 2.75) is 25.7 Å². The predicted molar refractivity (Wildman–Crippen MR) is 77.5 cm³/mol. The van der Waals surface area contributed by atoms with Crippen molar-refractivity contribution in [2.75, 3.05) is 13.1 Å². The number of nitrogens with zero attached hydrogens (tertiary/aromatic N) is 1. The molecule has 4 nitrogen and oxygen atoms in total. The van der Waals surface area contributed by atoms with E-state index in [-0.39, 0.29) is 12.3 Å². The molecule has 2 heterocycles. The highest BCUT2D eigenvalue weighted by molar-refractivity contribution is 9.11. The van der Waals surface area contributed by atoms with Crippen molar-refractivity contribution >= 4 is 39.1 Å². The van der Waals surface area contributed by atoms with Gasteiger partial charge >= 0.3 is 5.97 Å². The van der Waals surface area contributed by atoms with E-state index in [1.165, 1.54) is 11.3 Å². The fourth-order valence-corrected chi connectivity index (χ4v) is 3.69. The van der Waals surface area contributed by atoms with Crippen molar-refractivity contribution in [3.63, 3.8) is 0 Å². The molecule has 0 saturated carbocycles. The number of carbonyl (C=O) groups is 2. The molecule has 1 fully saturated rings. The highest BCUT2D eigenvalue weighted by atomic mass is 79.9. The Morgan fingerprint density at radius 1 is 1.37 bits per heavy atom. The van der Waals surface area contributed by atoms with Crippen LogP contribution < -0.4 is 0 Å². The van der Waals surface area contributed by atoms with Gasteiger partial charge in [-0.15, -0.1) is 11.3 Å². The maximum Gasteiger partial charge on any atom is 0.303 e. The van der Waals surface area contributed by atoms with Crippen molar-refractivity contribution in [3.05, 3.63) is 20.8 Å². The average Bonchev–Trinajstić information content (AvgIpc) is 2.83. The van der Waals surface area contributed by atoms with Crippen LogP contribution in [0.4, 0.5) is 0 Å². The third-order valence-corrected chi connectivity index (χ3v) is 5.06. The van der Waals surface area contributed by atoms with Gasteiger partial charge in [0.05, 0.1) is 8.66 Å². The van der Waals surface area contributed by atoms with Crippen LogP contribution in [0.1, 0.15) is 35.4 Å². The van der Waals surface area contributed by atoms with Crippen LogP contribution in [0, 0.1) is 5.92 Å². The van der Waals surface area contributed by atoms with Gasteiger partial charge in [0, 0.05) is 19.5 Å². The fourth-order valence-electron chi connectivity index (χ4n) is 2.34. The molecule has 0 aromatic carbocycles. The van der Waals surface area contributed by atoms with Crippen LogP contribution in [0.2, 0.25) is 0 Å². The van der Waals surface area contributed by atoms with E-state index in [2.05, 4.69) is 15.9 Å². The van der Waals surface area contributed by atoms with E-state index >= 15 is 0 Å². The van der Waals surface area contributed by atoms with Gasteiger partial charge in [0.25, 0.3) is 5.91 Å². The highest BCUT2D eigenvalue weighted by Crippen LogP contribution is 2.26. The number of hydrogen-bond donors (Lipinski definition) is 1. The minimum Gasteiger partial charge on any atom is -0.481 e. The number of amides is 1. The van der Waals surface area contributed by atoms with Gasteiger partial charge in [-0.25, -0.2) is 0 Å². The van der Waals surface area contributed by atoms with E-state index in [4.69, 9.17) is 5.11 Å². The first kappa shape index (κ1) is 14.5. The Bertz CT molecular complexity index is 466. The van der Waals surface area contributed by atoms with Crippen LogP contribution >= 0.6 is 27.3 Å². The predicted octanol–water partition coefficient (Wildman–Crippen LogP) is 3.23. The first-order chi connectivity index (χ1) is 9.06. The number of halogens is 1. The molecule has 2 rings (SSSR count). The van der Waals surface area contributed by atoms with Crippen LogP contribution in [0.25, 0.3) is 0 Å². The summed E-state index contributed by atoms with van der Waals surface area (Å²) in [5.74, 6) is -0.204. The molecule has 0 unspecified atom stereocenters. The molecule has 1 aromatic heterocycles. The topological polar surface area (TPSA) is 57.6 Å². The minimum atomic E-state index is -0.734. The van der Waals surface area contributed by atoms with Crippen molar-refractivity contribution in [1.82, 2.24) is 4.90 Å². The van der Waals surface area contributed by atoms with Gasteiger partial charge in [0.15, 0.2) is 0 Å². The van der Waals surface area contributed by atoms with Gasteiger partial charge in [-0.3, -0.25) is 9.59 Å². The number of carboxylic acids is 1. The quantitative estimate of drug-likeness (QED) is 0.911. The van der Waals surface area contributed by atoms with E-state index in [0.717, 1.165) is 41.0 Å². The fraction of sp³-hybridized carbons (Fsp3) is 0.538. The van der Waals surface area contributed by atoms with E-state index < -0.39 is 5.97 Å². The third-order valence-electron chi connectivity index (χ3n) is 3.45. The molecule has 1 aromatic rings. The van der Waals surface area contributed by atoms with Crippen molar-refractivity contribution < 1.29 is 14.7 Å².